The van der Waals surface area contributed by atoms with E-state index >= 15 is 0 Å². The Hall–Kier alpha value is -2.24. The van der Waals surface area contributed by atoms with Crippen molar-refractivity contribution in [3.05, 3.63) is 42.5 Å². The molecule has 2 aromatic rings. The molecule has 3 fully saturated rings. The van der Waals surface area contributed by atoms with E-state index in [-0.39, 0.29) is 17.0 Å². The Bertz CT molecular complexity index is 673. The van der Waals surface area contributed by atoms with Gasteiger partial charge >= 0.3 is 0 Å². The van der Waals surface area contributed by atoms with Gasteiger partial charge in [0.2, 0.25) is 5.91 Å². The average molecular weight is 283 g/mol. The van der Waals surface area contributed by atoms with Crippen LogP contribution in [-0.2, 0) is 16.8 Å². The second kappa shape index (κ2) is 4.13. The molecular weight excluding hydrogens is 266 g/mol. The van der Waals surface area contributed by atoms with Gasteiger partial charge in [-0.3, -0.25) is 4.79 Å². The number of hydrogen-bond donors (Lipinski definition) is 1. The van der Waals surface area contributed by atoms with Crippen LogP contribution in [0.5, 0.6) is 0 Å². The van der Waals surface area contributed by atoms with E-state index < -0.39 is 0 Å². The standard InChI is InChI=1S/C15H17N5O/c1-11-5-20(10-18-11)15-6-14(7-15,8-15)19-13(21)2-12-3-16-9-17-4-12/h3-5,9-10H,2,6-8H2,1H3,(H,19,21). The lowest BCUT2D eigenvalue weighted by molar-refractivity contribution is -0.155. The molecule has 0 unspecified atom stereocenters. The number of carbonyl (C=O) groups is 1. The molecule has 1 N–H and O–H groups in total. The average Bonchev–Trinajstić information content (AvgIpc) is 2.80. The molecule has 6 nitrogen and oxygen atoms in total. The van der Waals surface area contributed by atoms with Crippen molar-refractivity contribution < 1.29 is 4.79 Å². The first-order valence-electron chi connectivity index (χ1n) is 7.15. The van der Waals surface area contributed by atoms with Gasteiger partial charge in [-0.05, 0) is 31.7 Å². The van der Waals surface area contributed by atoms with E-state index in [0.717, 1.165) is 30.5 Å². The molecule has 0 spiro atoms. The van der Waals surface area contributed by atoms with Gasteiger partial charge < -0.3 is 9.88 Å². The molecule has 1 amide bonds. The van der Waals surface area contributed by atoms with E-state index in [1.165, 1.54) is 6.33 Å². The number of carbonyl (C=O) groups excluding carboxylic acids is 1. The Balaban J connectivity index is 1.36. The third-order valence-electron chi connectivity index (χ3n) is 4.65. The Labute approximate surface area is 122 Å². The quantitative estimate of drug-likeness (QED) is 0.907. The van der Waals surface area contributed by atoms with Crippen LogP contribution in [0.25, 0.3) is 0 Å². The SMILES string of the molecule is Cc1cn(C23CC(NC(=O)Cc4cncnc4)(C2)C3)cn1. The molecule has 0 aromatic carbocycles. The van der Waals surface area contributed by atoms with Crippen LogP contribution >= 0.6 is 0 Å². The summed E-state index contributed by atoms with van der Waals surface area (Å²) in [5.41, 5.74) is 2.10. The maximum absolute atomic E-state index is 12.1. The Kier molecular flexibility index (Phi) is 2.46. The molecule has 0 atom stereocenters. The van der Waals surface area contributed by atoms with E-state index in [4.69, 9.17) is 0 Å². The summed E-state index contributed by atoms with van der Waals surface area (Å²) < 4.78 is 2.21. The molecule has 21 heavy (non-hydrogen) atoms. The Morgan fingerprint density at radius 3 is 2.67 bits per heavy atom. The maximum atomic E-state index is 12.1. The van der Waals surface area contributed by atoms with E-state index in [1.807, 2.05) is 13.3 Å². The number of aryl methyl sites for hydroxylation is 1. The van der Waals surface area contributed by atoms with Crippen molar-refractivity contribution in [1.29, 1.82) is 0 Å². The lowest BCUT2D eigenvalue weighted by atomic mass is 9.44. The van der Waals surface area contributed by atoms with E-state index in [2.05, 4.69) is 31.0 Å². The summed E-state index contributed by atoms with van der Waals surface area (Å²) in [4.78, 5) is 24.3. The number of nitrogens with one attached hydrogen (secondary N) is 1. The third-order valence-corrected chi connectivity index (χ3v) is 4.65. The van der Waals surface area contributed by atoms with Gasteiger partial charge in [-0.2, -0.15) is 0 Å². The molecule has 2 heterocycles. The van der Waals surface area contributed by atoms with Crippen LogP contribution in [0.2, 0.25) is 0 Å². The second-order valence-electron chi connectivity index (χ2n) is 6.43. The Morgan fingerprint density at radius 1 is 1.33 bits per heavy atom. The van der Waals surface area contributed by atoms with Crippen molar-refractivity contribution in [2.45, 2.75) is 43.7 Å². The smallest absolute Gasteiger partial charge is 0.224 e. The summed E-state index contributed by atoms with van der Waals surface area (Å²) in [5.74, 6) is 0.0555. The third kappa shape index (κ3) is 1.93. The van der Waals surface area contributed by atoms with Crippen molar-refractivity contribution in [2.24, 2.45) is 0 Å². The summed E-state index contributed by atoms with van der Waals surface area (Å²) in [6, 6.07) is 0. The van der Waals surface area contributed by atoms with Crippen molar-refractivity contribution in [3.8, 4) is 0 Å². The zero-order chi connectivity index (χ0) is 14.5. The molecular formula is C15H17N5O. The predicted molar refractivity (Wildman–Crippen MR) is 75.4 cm³/mol. The summed E-state index contributed by atoms with van der Waals surface area (Å²) in [7, 11) is 0. The molecule has 0 radical (unpaired) electrons. The fourth-order valence-corrected chi connectivity index (χ4v) is 3.77. The normalized spacial score (nSPS) is 29.4. The molecule has 0 aliphatic heterocycles. The highest BCUT2D eigenvalue weighted by atomic mass is 16.1. The van der Waals surface area contributed by atoms with Gasteiger partial charge in [0.05, 0.1) is 24.0 Å². The number of nitrogens with zero attached hydrogens (tertiary/aromatic N) is 4. The van der Waals surface area contributed by atoms with Gasteiger partial charge in [0.1, 0.15) is 6.33 Å². The summed E-state index contributed by atoms with van der Waals surface area (Å²) in [6.45, 7) is 2.00. The highest BCUT2D eigenvalue weighted by Crippen LogP contribution is 2.65. The number of amides is 1. The first-order valence-corrected chi connectivity index (χ1v) is 7.15. The fourth-order valence-electron chi connectivity index (χ4n) is 3.77. The van der Waals surface area contributed by atoms with Crippen LogP contribution in [-0.4, -0.2) is 31.0 Å². The second-order valence-corrected chi connectivity index (χ2v) is 6.43. The molecule has 2 aromatic heterocycles. The maximum Gasteiger partial charge on any atom is 0.224 e. The van der Waals surface area contributed by atoms with Crippen LogP contribution in [0, 0.1) is 6.92 Å². The minimum Gasteiger partial charge on any atom is -0.350 e. The minimum absolute atomic E-state index is 0.00486. The molecule has 3 aliphatic carbocycles. The fraction of sp³-hybridized carbons (Fsp3) is 0.467. The van der Waals surface area contributed by atoms with Gasteiger partial charge in [0.15, 0.2) is 0 Å². The van der Waals surface area contributed by atoms with Gasteiger partial charge in [0.25, 0.3) is 0 Å². The van der Waals surface area contributed by atoms with Gasteiger partial charge in [-0.1, -0.05) is 0 Å². The molecule has 5 rings (SSSR count). The van der Waals surface area contributed by atoms with E-state index in [0.29, 0.717) is 6.42 Å². The monoisotopic (exact) mass is 283 g/mol. The number of aromatic nitrogens is 4. The first kappa shape index (κ1) is 12.5. The van der Waals surface area contributed by atoms with Crippen molar-refractivity contribution in [1.82, 2.24) is 24.8 Å². The highest BCUT2D eigenvalue weighted by molar-refractivity contribution is 5.79. The topological polar surface area (TPSA) is 72.7 Å². The molecule has 6 heteroatoms. The summed E-state index contributed by atoms with van der Waals surface area (Å²) in [5, 5.41) is 3.18. The summed E-state index contributed by atoms with van der Waals surface area (Å²) in [6.07, 6.45) is 12.2. The predicted octanol–water partition coefficient (Wildman–Crippen LogP) is 0.972. The number of hydrogen-bond acceptors (Lipinski definition) is 4. The minimum atomic E-state index is 0.00486. The van der Waals surface area contributed by atoms with E-state index in [9.17, 15) is 4.79 Å². The molecule has 2 bridgehead atoms. The van der Waals surface area contributed by atoms with Crippen LogP contribution < -0.4 is 5.32 Å². The molecule has 3 aliphatic rings. The van der Waals surface area contributed by atoms with Gasteiger partial charge in [-0.25, -0.2) is 15.0 Å². The lowest BCUT2D eigenvalue weighted by Crippen LogP contribution is -2.78. The lowest BCUT2D eigenvalue weighted by Gasteiger charge is -2.70. The van der Waals surface area contributed by atoms with Crippen molar-refractivity contribution >= 4 is 5.91 Å². The highest BCUT2D eigenvalue weighted by Gasteiger charge is 2.69. The van der Waals surface area contributed by atoms with Crippen LogP contribution in [0.15, 0.2) is 31.2 Å². The Morgan fingerprint density at radius 2 is 2.05 bits per heavy atom. The number of imidazole rings is 1. The first-order chi connectivity index (χ1) is 10.1. The zero-order valence-corrected chi connectivity index (χ0v) is 11.9. The van der Waals surface area contributed by atoms with Gasteiger partial charge in [0, 0.05) is 24.1 Å². The van der Waals surface area contributed by atoms with E-state index in [1.54, 1.807) is 12.4 Å². The number of rotatable bonds is 4. The van der Waals surface area contributed by atoms with Crippen LogP contribution in [0.1, 0.15) is 30.5 Å². The molecule has 108 valence electrons. The van der Waals surface area contributed by atoms with Crippen LogP contribution in [0.4, 0.5) is 0 Å². The van der Waals surface area contributed by atoms with Crippen LogP contribution in [0.3, 0.4) is 0 Å². The largest absolute Gasteiger partial charge is 0.350 e. The van der Waals surface area contributed by atoms with Crippen molar-refractivity contribution in [3.63, 3.8) is 0 Å². The zero-order valence-electron chi connectivity index (χ0n) is 11.9. The van der Waals surface area contributed by atoms with Gasteiger partial charge in [-0.15, -0.1) is 0 Å². The summed E-state index contributed by atoms with van der Waals surface area (Å²) >= 11 is 0. The molecule has 0 saturated heterocycles. The molecule has 3 saturated carbocycles. The van der Waals surface area contributed by atoms with Crippen molar-refractivity contribution in [2.75, 3.05) is 0 Å².